The summed E-state index contributed by atoms with van der Waals surface area (Å²) >= 11 is 0. The molecule has 1 N–H and O–H groups in total. The van der Waals surface area contributed by atoms with E-state index in [4.69, 9.17) is 5.26 Å². The van der Waals surface area contributed by atoms with Crippen molar-refractivity contribution in [3.8, 4) is 6.07 Å². The van der Waals surface area contributed by atoms with Crippen LogP contribution in [-0.2, 0) is 0 Å². The van der Waals surface area contributed by atoms with Crippen molar-refractivity contribution in [1.82, 2.24) is 5.32 Å². The molecule has 0 fully saturated rings. The third-order valence-electron chi connectivity index (χ3n) is 1.58. The Bertz CT molecular complexity index is 186. The Kier molecular flexibility index (Phi) is 5.14. The zero-order valence-corrected chi connectivity index (χ0v) is 7.09. The number of rotatable bonds is 4. The van der Waals surface area contributed by atoms with Gasteiger partial charge in [-0.2, -0.15) is 5.26 Å². The van der Waals surface area contributed by atoms with Gasteiger partial charge >= 0.3 is 0 Å². The van der Waals surface area contributed by atoms with Gasteiger partial charge in [-0.25, -0.2) is 0 Å². The molecule has 0 heterocycles. The maximum absolute atomic E-state index is 8.59. The van der Waals surface area contributed by atoms with Crippen molar-refractivity contribution in [1.29, 1.82) is 5.26 Å². The molecule has 1 atom stereocenters. The van der Waals surface area contributed by atoms with Crippen LogP contribution in [0.2, 0.25) is 0 Å². The van der Waals surface area contributed by atoms with Gasteiger partial charge in [0.1, 0.15) is 0 Å². The van der Waals surface area contributed by atoms with E-state index in [1.54, 1.807) is 13.1 Å². The van der Waals surface area contributed by atoms with E-state index in [9.17, 15) is 0 Å². The normalized spacial score (nSPS) is 13.7. The quantitative estimate of drug-likeness (QED) is 0.618. The number of nitrogens with zero attached hydrogens (tertiary/aromatic N) is 1. The first kappa shape index (κ1) is 9.93. The summed E-state index contributed by atoms with van der Waals surface area (Å²) in [7, 11) is 1.78. The Hall–Kier alpha value is -1.07. The Balaban J connectivity index is 4.01. The Morgan fingerprint density at radius 1 is 1.82 bits per heavy atom. The zero-order valence-electron chi connectivity index (χ0n) is 7.09. The van der Waals surface area contributed by atoms with Crippen LogP contribution in [0.25, 0.3) is 0 Å². The molecule has 0 aromatic heterocycles. The lowest BCUT2D eigenvalue weighted by Gasteiger charge is -2.06. The van der Waals surface area contributed by atoms with Crippen LogP contribution >= 0.6 is 0 Å². The lowest BCUT2D eigenvalue weighted by molar-refractivity contribution is 0.677. The van der Waals surface area contributed by atoms with Gasteiger partial charge in [-0.1, -0.05) is 24.3 Å². The van der Waals surface area contributed by atoms with Crippen molar-refractivity contribution in [3.05, 3.63) is 24.3 Å². The molecular weight excluding hydrogens is 136 g/mol. The van der Waals surface area contributed by atoms with Crippen LogP contribution in [0.1, 0.15) is 13.3 Å². The van der Waals surface area contributed by atoms with Crippen molar-refractivity contribution in [2.75, 3.05) is 7.05 Å². The predicted octanol–water partition coefficient (Wildman–Crippen LogP) is 1.62. The number of allylic oxidation sites excluding steroid dienone is 2. The Morgan fingerprint density at radius 3 is 2.73 bits per heavy atom. The van der Waals surface area contributed by atoms with E-state index in [2.05, 4.69) is 18.0 Å². The molecule has 60 valence electrons. The van der Waals surface area contributed by atoms with Gasteiger partial charge in [0.25, 0.3) is 0 Å². The van der Waals surface area contributed by atoms with E-state index in [1.807, 2.05) is 13.0 Å². The van der Waals surface area contributed by atoms with E-state index in [1.165, 1.54) is 0 Å². The molecule has 0 amide bonds. The molecule has 0 bridgehead atoms. The summed E-state index contributed by atoms with van der Waals surface area (Å²) in [5.41, 5.74) is 1.10. The first-order valence-electron chi connectivity index (χ1n) is 3.63. The Labute approximate surface area is 68.2 Å². The molecule has 0 spiro atoms. The lowest BCUT2D eigenvalue weighted by Crippen LogP contribution is -2.23. The molecule has 0 aliphatic heterocycles. The van der Waals surface area contributed by atoms with Crippen LogP contribution < -0.4 is 5.32 Å². The van der Waals surface area contributed by atoms with Crippen molar-refractivity contribution in [2.24, 2.45) is 0 Å². The molecule has 0 aliphatic rings. The fourth-order valence-corrected chi connectivity index (χ4v) is 0.767. The second-order valence-electron chi connectivity index (χ2n) is 2.24. The number of hydrogen-bond donors (Lipinski definition) is 1. The molecule has 0 saturated carbocycles. The molecule has 0 rings (SSSR count). The number of hydrogen-bond acceptors (Lipinski definition) is 2. The van der Waals surface area contributed by atoms with Crippen LogP contribution in [0.3, 0.4) is 0 Å². The van der Waals surface area contributed by atoms with Crippen LogP contribution in [0, 0.1) is 11.3 Å². The van der Waals surface area contributed by atoms with E-state index < -0.39 is 0 Å². The minimum atomic E-state index is -0.0980. The number of nitriles is 1. The summed E-state index contributed by atoms with van der Waals surface area (Å²) in [5, 5.41) is 11.5. The average Bonchev–Trinajstić information content (AvgIpc) is 2.07. The summed E-state index contributed by atoms with van der Waals surface area (Å²) < 4.78 is 0. The smallest absolute Gasteiger partial charge is 0.0991 e. The van der Waals surface area contributed by atoms with E-state index in [0.29, 0.717) is 0 Å². The average molecular weight is 150 g/mol. The van der Waals surface area contributed by atoms with Gasteiger partial charge in [0.05, 0.1) is 12.1 Å². The highest BCUT2D eigenvalue weighted by Crippen LogP contribution is 2.04. The third kappa shape index (κ3) is 3.59. The minimum Gasteiger partial charge on any atom is -0.305 e. The predicted molar refractivity (Wildman–Crippen MR) is 47.0 cm³/mol. The largest absolute Gasteiger partial charge is 0.305 e. The second-order valence-corrected chi connectivity index (χ2v) is 2.24. The molecular formula is C9H14N2. The highest BCUT2D eigenvalue weighted by molar-refractivity contribution is 5.18. The molecule has 0 aliphatic carbocycles. The third-order valence-corrected chi connectivity index (χ3v) is 1.58. The lowest BCUT2D eigenvalue weighted by atomic mass is 10.1. The fraction of sp³-hybridized carbons (Fsp3) is 0.444. The van der Waals surface area contributed by atoms with Gasteiger partial charge < -0.3 is 5.32 Å². The van der Waals surface area contributed by atoms with Gasteiger partial charge in [0.2, 0.25) is 0 Å². The summed E-state index contributed by atoms with van der Waals surface area (Å²) in [4.78, 5) is 0. The van der Waals surface area contributed by atoms with Crippen LogP contribution in [-0.4, -0.2) is 13.1 Å². The van der Waals surface area contributed by atoms with Gasteiger partial charge in [-0.3, -0.25) is 0 Å². The van der Waals surface area contributed by atoms with Crippen molar-refractivity contribution in [2.45, 2.75) is 19.4 Å². The topological polar surface area (TPSA) is 35.8 Å². The first-order valence-corrected chi connectivity index (χ1v) is 3.63. The first-order chi connectivity index (χ1) is 5.28. The van der Waals surface area contributed by atoms with E-state index in [0.717, 1.165) is 12.0 Å². The summed E-state index contributed by atoms with van der Waals surface area (Å²) in [6, 6.07) is 2.05. The molecule has 1 unspecified atom stereocenters. The zero-order chi connectivity index (χ0) is 8.69. The van der Waals surface area contributed by atoms with Crippen molar-refractivity contribution >= 4 is 0 Å². The van der Waals surface area contributed by atoms with Crippen LogP contribution in [0.5, 0.6) is 0 Å². The maximum Gasteiger partial charge on any atom is 0.0991 e. The standard InChI is InChI=1S/C9H14N2/c1-4-8(5-2)6-9(7-10)11-3/h4-5,9,11H,1,6H2,2-3H3/b8-5+. The number of nitrogens with one attached hydrogen (secondary N) is 1. The molecule has 0 saturated heterocycles. The van der Waals surface area contributed by atoms with Crippen molar-refractivity contribution < 1.29 is 0 Å². The molecule has 0 aromatic carbocycles. The van der Waals surface area contributed by atoms with Gasteiger partial charge in [-0.05, 0) is 14.0 Å². The van der Waals surface area contributed by atoms with Gasteiger partial charge in [-0.15, -0.1) is 0 Å². The van der Waals surface area contributed by atoms with Crippen LogP contribution in [0.15, 0.2) is 24.3 Å². The SMILES string of the molecule is C=C/C(=C\C)CC(C#N)NC. The highest BCUT2D eigenvalue weighted by Gasteiger charge is 2.03. The van der Waals surface area contributed by atoms with E-state index in [-0.39, 0.29) is 6.04 Å². The summed E-state index contributed by atoms with van der Waals surface area (Å²) in [6.07, 6.45) is 4.48. The van der Waals surface area contributed by atoms with Gasteiger partial charge in [0, 0.05) is 6.42 Å². The molecule has 11 heavy (non-hydrogen) atoms. The van der Waals surface area contributed by atoms with E-state index >= 15 is 0 Å². The maximum atomic E-state index is 8.59. The molecule has 2 nitrogen and oxygen atoms in total. The molecule has 0 aromatic rings. The molecule has 2 heteroatoms. The monoisotopic (exact) mass is 150 g/mol. The highest BCUT2D eigenvalue weighted by atomic mass is 14.9. The van der Waals surface area contributed by atoms with Crippen molar-refractivity contribution in [3.63, 3.8) is 0 Å². The fourth-order valence-electron chi connectivity index (χ4n) is 0.767. The minimum absolute atomic E-state index is 0.0980. The second kappa shape index (κ2) is 5.70. The van der Waals surface area contributed by atoms with Crippen LogP contribution in [0.4, 0.5) is 0 Å². The Morgan fingerprint density at radius 2 is 2.45 bits per heavy atom. The molecule has 0 radical (unpaired) electrons. The van der Waals surface area contributed by atoms with Gasteiger partial charge in [0.15, 0.2) is 0 Å². The summed E-state index contributed by atoms with van der Waals surface area (Å²) in [5.74, 6) is 0. The summed E-state index contributed by atoms with van der Waals surface area (Å²) in [6.45, 7) is 5.59.